The normalized spacial score (nSPS) is 32.0. The molecule has 124 valence electrons. The number of benzene rings is 1. The number of rotatable bonds is 3. The van der Waals surface area contributed by atoms with Crippen LogP contribution < -0.4 is 0 Å². The highest BCUT2D eigenvalue weighted by atomic mass is 79.9. The van der Waals surface area contributed by atoms with E-state index in [1.165, 1.54) is 25.9 Å². The smallest absolute Gasteiger partial charge is 0.316 e. The minimum absolute atomic E-state index is 0.0202. The molecule has 5 rings (SSSR count). The average molecular weight is 378 g/mol. The molecule has 1 aliphatic carbocycles. The van der Waals surface area contributed by atoms with Gasteiger partial charge in [-0.25, -0.2) is 0 Å². The van der Waals surface area contributed by atoms with Gasteiger partial charge in [-0.15, -0.1) is 0 Å². The van der Waals surface area contributed by atoms with Crippen molar-refractivity contribution in [2.75, 3.05) is 19.6 Å². The van der Waals surface area contributed by atoms with Gasteiger partial charge in [-0.1, -0.05) is 40.9 Å². The molecule has 1 aromatic carbocycles. The van der Waals surface area contributed by atoms with Gasteiger partial charge in [0.15, 0.2) is 0 Å². The Morgan fingerprint density at radius 1 is 1.22 bits per heavy atom. The third-order valence-electron chi connectivity index (χ3n) is 6.08. The zero-order valence-electron chi connectivity index (χ0n) is 13.5. The average Bonchev–Trinajstić information content (AvgIpc) is 3.07. The van der Waals surface area contributed by atoms with Gasteiger partial charge in [0.1, 0.15) is 6.10 Å². The molecule has 1 atom stereocenters. The first-order chi connectivity index (χ1) is 11.2. The highest BCUT2D eigenvalue weighted by molar-refractivity contribution is 9.10. The molecular weight excluding hydrogens is 354 g/mol. The summed E-state index contributed by atoms with van der Waals surface area (Å²) in [5, 5.41) is 0. The van der Waals surface area contributed by atoms with Crippen LogP contribution in [0.25, 0.3) is 0 Å². The van der Waals surface area contributed by atoms with Crippen molar-refractivity contribution in [1.82, 2.24) is 4.90 Å². The Morgan fingerprint density at radius 2 is 1.96 bits per heavy atom. The van der Waals surface area contributed by atoms with Gasteiger partial charge < -0.3 is 4.74 Å². The molecule has 3 nitrogen and oxygen atoms in total. The van der Waals surface area contributed by atoms with Crippen molar-refractivity contribution in [3.63, 3.8) is 0 Å². The Kier molecular flexibility index (Phi) is 4.22. The van der Waals surface area contributed by atoms with Crippen molar-refractivity contribution in [3.05, 3.63) is 34.3 Å². The molecule has 1 saturated carbocycles. The minimum Gasteiger partial charge on any atom is -0.460 e. The molecule has 3 saturated heterocycles. The fraction of sp³-hybridized carbons (Fsp3) is 0.632. The Bertz CT molecular complexity index is 589. The molecule has 0 N–H and O–H groups in total. The third-order valence-corrected chi connectivity index (χ3v) is 6.57. The number of carbonyl (C=O) groups is 1. The number of nitrogens with zero attached hydrogens (tertiary/aromatic N) is 1. The Morgan fingerprint density at radius 3 is 2.57 bits per heavy atom. The van der Waals surface area contributed by atoms with Gasteiger partial charge in [-0.05, 0) is 62.4 Å². The summed E-state index contributed by atoms with van der Waals surface area (Å²) in [4.78, 5) is 15.6. The molecule has 0 spiro atoms. The topological polar surface area (TPSA) is 29.5 Å². The van der Waals surface area contributed by atoms with Crippen molar-refractivity contribution in [1.29, 1.82) is 0 Å². The molecule has 4 fully saturated rings. The van der Waals surface area contributed by atoms with Crippen LogP contribution in [0.3, 0.4) is 0 Å². The lowest BCUT2D eigenvalue weighted by Gasteiger charge is -2.45. The molecule has 0 aromatic heterocycles. The zero-order valence-corrected chi connectivity index (χ0v) is 15.1. The van der Waals surface area contributed by atoms with Crippen LogP contribution >= 0.6 is 15.9 Å². The number of ether oxygens (including phenoxy) is 1. The van der Waals surface area contributed by atoms with E-state index in [1.54, 1.807) is 0 Å². The van der Waals surface area contributed by atoms with Crippen LogP contribution in [0.1, 0.15) is 44.1 Å². The summed E-state index contributed by atoms with van der Waals surface area (Å²) in [5.41, 5.74) is 0.700. The molecular formula is C19H24BrNO2. The van der Waals surface area contributed by atoms with Crippen LogP contribution in [0.2, 0.25) is 0 Å². The molecule has 1 aromatic rings. The molecule has 1 unspecified atom stereocenters. The first-order valence-electron chi connectivity index (χ1n) is 8.87. The van der Waals surface area contributed by atoms with Gasteiger partial charge in [0.2, 0.25) is 0 Å². The van der Waals surface area contributed by atoms with Gasteiger partial charge >= 0.3 is 5.97 Å². The lowest BCUT2D eigenvalue weighted by molar-refractivity contribution is -0.165. The van der Waals surface area contributed by atoms with Crippen molar-refractivity contribution in [3.8, 4) is 0 Å². The second-order valence-corrected chi connectivity index (χ2v) is 8.30. The van der Waals surface area contributed by atoms with E-state index < -0.39 is 5.41 Å². The van der Waals surface area contributed by atoms with E-state index >= 15 is 0 Å². The molecule has 3 heterocycles. The SMILES string of the molecule is O=C(OC1CN2CCC1CC2)C1(c2cccc(Br)c2)CCCC1. The van der Waals surface area contributed by atoms with Crippen LogP contribution in [0.5, 0.6) is 0 Å². The van der Waals surface area contributed by atoms with Crippen molar-refractivity contribution in [2.24, 2.45) is 5.92 Å². The standard InChI is InChI=1S/C19H24BrNO2/c20-16-5-3-4-15(12-16)19(8-1-2-9-19)18(22)23-17-13-21-10-6-14(17)7-11-21/h3-5,12,14,17H,1-2,6-11,13H2. The maximum atomic E-state index is 13.2. The largest absolute Gasteiger partial charge is 0.460 e. The van der Waals surface area contributed by atoms with Crippen LogP contribution in [0.15, 0.2) is 28.7 Å². The minimum atomic E-state index is -0.421. The maximum Gasteiger partial charge on any atom is 0.316 e. The lowest BCUT2D eigenvalue weighted by atomic mass is 9.78. The summed E-state index contributed by atoms with van der Waals surface area (Å²) < 4.78 is 7.15. The molecule has 0 radical (unpaired) electrons. The summed E-state index contributed by atoms with van der Waals surface area (Å²) in [6, 6.07) is 8.24. The number of piperidine rings is 3. The van der Waals surface area contributed by atoms with E-state index in [2.05, 4.69) is 33.0 Å². The van der Waals surface area contributed by atoms with Crippen molar-refractivity contribution < 1.29 is 9.53 Å². The highest BCUT2D eigenvalue weighted by Gasteiger charge is 2.46. The lowest BCUT2D eigenvalue weighted by Crippen LogP contribution is -2.53. The van der Waals surface area contributed by atoms with Gasteiger partial charge in [0.25, 0.3) is 0 Å². The molecule has 2 bridgehead atoms. The van der Waals surface area contributed by atoms with E-state index in [0.717, 1.165) is 42.3 Å². The Labute approximate surface area is 146 Å². The van der Waals surface area contributed by atoms with Crippen LogP contribution in [-0.2, 0) is 14.9 Å². The van der Waals surface area contributed by atoms with Gasteiger partial charge in [-0.2, -0.15) is 0 Å². The molecule has 0 amide bonds. The second-order valence-electron chi connectivity index (χ2n) is 7.38. The summed E-state index contributed by atoms with van der Waals surface area (Å²) in [6.45, 7) is 3.29. The number of fused-ring (bicyclic) bond motifs is 3. The summed E-state index contributed by atoms with van der Waals surface area (Å²) >= 11 is 3.55. The summed E-state index contributed by atoms with van der Waals surface area (Å²) in [5.74, 6) is 0.594. The van der Waals surface area contributed by atoms with E-state index in [-0.39, 0.29) is 12.1 Å². The van der Waals surface area contributed by atoms with Crippen molar-refractivity contribution >= 4 is 21.9 Å². The first-order valence-corrected chi connectivity index (χ1v) is 9.66. The zero-order chi connectivity index (χ0) is 15.9. The number of hydrogen-bond acceptors (Lipinski definition) is 3. The fourth-order valence-electron chi connectivity index (χ4n) is 4.67. The Balaban J connectivity index is 1.56. The number of carbonyl (C=O) groups excluding carboxylic acids is 1. The third kappa shape index (κ3) is 2.85. The predicted octanol–water partition coefficient (Wildman–Crippen LogP) is 3.90. The predicted molar refractivity (Wildman–Crippen MR) is 93.3 cm³/mol. The number of esters is 1. The van der Waals surface area contributed by atoms with Crippen molar-refractivity contribution in [2.45, 2.75) is 50.0 Å². The fourth-order valence-corrected chi connectivity index (χ4v) is 5.07. The summed E-state index contributed by atoms with van der Waals surface area (Å²) in [7, 11) is 0. The summed E-state index contributed by atoms with van der Waals surface area (Å²) in [6.07, 6.45) is 6.54. The number of hydrogen-bond donors (Lipinski definition) is 0. The molecule has 3 aliphatic heterocycles. The van der Waals surface area contributed by atoms with E-state index in [0.29, 0.717) is 5.92 Å². The van der Waals surface area contributed by atoms with Crippen LogP contribution in [0, 0.1) is 5.92 Å². The molecule has 23 heavy (non-hydrogen) atoms. The van der Waals surface area contributed by atoms with E-state index in [4.69, 9.17) is 4.74 Å². The van der Waals surface area contributed by atoms with E-state index in [9.17, 15) is 4.79 Å². The molecule has 4 heteroatoms. The first kappa shape index (κ1) is 15.6. The van der Waals surface area contributed by atoms with E-state index in [1.807, 2.05) is 12.1 Å². The van der Waals surface area contributed by atoms with Crippen LogP contribution in [0.4, 0.5) is 0 Å². The van der Waals surface area contributed by atoms with Gasteiger partial charge in [0.05, 0.1) is 5.41 Å². The Hall–Kier alpha value is -0.870. The van der Waals surface area contributed by atoms with Gasteiger partial charge in [-0.3, -0.25) is 9.69 Å². The maximum absolute atomic E-state index is 13.2. The monoisotopic (exact) mass is 377 g/mol. The number of halogens is 1. The highest BCUT2D eigenvalue weighted by Crippen LogP contribution is 2.44. The van der Waals surface area contributed by atoms with Crippen LogP contribution in [-0.4, -0.2) is 36.6 Å². The quantitative estimate of drug-likeness (QED) is 0.748. The van der Waals surface area contributed by atoms with Gasteiger partial charge in [0, 0.05) is 11.0 Å². The molecule has 4 aliphatic rings. The second kappa shape index (κ2) is 6.21.